The van der Waals surface area contributed by atoms with Crippen molar-refractivity contribution in [3.63, 3.8) is 0 Å². The number of nitrogens with zero attached hydrogens (tertiary/aromatic N) is 3. The van der Waals surface area contributed by atoms with E-state index in [0.29, 0.717) is 36.5 Å². The second-order valence-corrected chi connectivity index (χ2v) is 10.6. The molecule has 1 aromatic heterocycles. The van der Waals surface area contributed by atoms with Gasteiger partial charge in [0, 0.05) is 30.1 Å². The van der Waals surface area contributed by atoms with Gasteiger partial charge in [-0.05, 0) is 45.9 Å². The summed E-state index contributed by atoms with van der Waals surface area (Å²) in [6.45, 7) is 8.50. The van der Waals surface area contributed by atoms with Crippen molar-refractivity contribution in [2.45, 2.75) is 45.4 Å². The Morgan fingerprint density at radius 3 is 2.69 bits per heavy atom. The van der Waals surface area contributed by atoms with E-state index in [1.54, 1.807) is 4.90 Å². The maximum absolute atomic E-state index is 15.8. The summed E-state index contributed by atoms with van der Waals surface area (Å²) in [5, 5.41) is 10.6. The highest BCUT2D eigenvalue weighted by Crippen LogP contribution is 2.46. The van der Waals surface area contributed by atoms with E-state index in [1.165, 1.54) is 24.4 Å². The van der Waals surface area contributed by atoms with Crippen LogP contribution >= 0.6 is 11.6 Å². The van der Waals surface area contributed by atoms with Gasteiger partial charge >= 0.3 is 6.09 Å². The number of hydrogen-bond acceptors (Lipinski definition) is 6. The molecule has 1 amide bonds. The molecule has 0 radical (unpaired) electrons. The number of benzene rings is 2. The van der Waals surface area contributed by atoms with Crippen LogP contribution in [-0.2, 0) is 4.74 Å². The minimum atomic E-state index is -0.844. The fraction of sp³-hybridized carbons (Fsp3) is 0.385. The van der Waals surface area contributed by atoms with Crippen molar-refractivity contribution in [2.24, 2.45) is 0 Å². The molecule has 36 heavy (non-hydrogen) atoms. The van der Waals surface area contributed by atoms with Crippen LogP contribution in [-0.4, -0.2) is 58.5 Å². The average molecular weight is 518 g/mol. The number of pyridine rings is 1. The predicted molar refractivity (Wildman–Crippen MR) is 133 cm³/mol. The van der Waals surface area contributed by atoms with Crippen molar-refractivity contribution < 1.29 is 28.2 Å². The van der Waals surface area contributed by atoms with Crippen molar-refractivity contribution in [3.05, 3.63) is 47.1 Å². The number of anilines is 1. The molecule has 5 rings (SSSR count). The van der Waals surface area contributed by atoms with Crippen LogP contribution in [0, 0.1) is 11.6 Å². The number of halogens is 3. The van der Waals surface area contributed by atoms with Gasteiger partial charge in [-0.1, -0.05) is 17.7 Å². The minimum absolute atomic E-state index is 0.0257. The molecular formula is C26H26ClF2N3O4. The summed E-state index contributed by atoms with van der Waals surface area (Å²) >= 11 is 6.49. The summed E-state index contributed by atoms with van der Waals surface area (Å²) in [5.74, 6) is -1.61. The molecule has 2 atom stereocenters. The third kappa shape index (κ3) is 4.05. The largest absolute Gasteiger partial charge is 0.507 e. The summed E-state index contributed by atoms with van der Waals surface area (Å²) in [5.41, 5.74) is -0.623. The number of rotatable bonds is 1. The zero-order chi connectivity index (χ0) is 25.9. The molecule has 2 aromatic carbocycles. The van der Waals surface area contributed by atoms with Gasteiger partial charge in [0.05, 0.1) is 28.5 Å². The maximum Gasteiger partial charge on any atom is 0.410 e. The number of ether oxygens (including phenoxy) is 2. The van der Waals surface area contributed by atoms with Gasteiger partial charge in [0.1, 0.15) is 29.3 Å². The summed E-state index contributed by atoms with van der Waals surface area (Å²) in [6, 6.07) is 4.83. The van der Waals surface area contributed by atoms with Crippen LogP contribution in [0.5, 0.6) is 11.5 Å². The molecule has 0 spiro atoms. The molecule has 2 aliphatic heterocycles. The van der Waals surface area contributed by atoms with E-state index in [-0.39, 0.29) is 33.7 Å². The Bertz CT molecular complexity index is 1360. The molecule has 0 unspecified atom stereocenters. The first-order valence-corrected chi connectivity index (χ1v) is 12.0. The number of fused-ring (bicyclic) bond motifs is 5. The van der Waals surface area contributed by atoms with E-state index >= 15 is 4.39 Å². The first-order valence-electron chi connectivity index (χ1n) is 11.6. The molecule has 1 fully saturated rings. The first kappa shape index (κ1) is 24.4. The zero-order valence-corrected chi connectivity index (χ0v) is 21.1. The number of aromatic hydroxyl groups is 1. The summed E-state index contributed by atoms with van der Waals surface area (Å²) < 4.78 is 41.9. The molecule has 7 nitrogen and oxygen atoms in total. The highest BCUT2D eigenvalue weighted by Gasteiger charge is 2.41. The maximum atomic E-state index is 15.8. The molecule has 1 N–H and O–H groups in total. The minimum Gasteiger partial charge on any atom is -0.507 e. The van der Waals surface area contributed by atoms with E-state index in [1.807, 2.05) is 27.7 Å². The molecule has 3 heterocycles. The van der Waals surface area contributed by atoms with Crippen LogP contribution in [0.25, 0.3) is 22.0 Å². The smallest absolute Gasteiger partial charge is 0.410 e. The number of piperazine rings is 1. The predicted octanol–water partition coefficient (Wildman–Crippen LogP) is 5.75. The van der Waals surface area contributed by atoms with E-state index in [2.05, 4.69) is 9.88 Å². The van der Waals surface area contributed by atoms with Gasteiger partial charge in [-0.15, -0.1) is 0 Å². The average Bonchev–Trinajstić information content (AvgIpc) is 2.78. The van der Waals surface area contributed by atoms with Crippen molar-refractivity contribution in [1.82, 2.24) is 9.88 Å². The van der Waals surface area contributed by atoms with Crippen LogP contribution < -0.4 is 9.64 Å². The van der Waals surface area contributed by atoms with Crippen molar-refractivity contribution in [2.75, 3.05) is 24.6 Å². The van der Waals surface area contributed by atoms with Crippen molar-refractivity contribution in [3.8, 4) is 22.6 Å². The van der Waals surface area contributed by atoms with Gasteiger partial charge < -0.3 is 24.4 Å². The molecule has 2 aliphatic rings. The van der Waals surface area contributed by atoms with Gasteiger partial charge in [0.2, 0.25) is 0 Å². The van der Waals surface area contributed by atoms with E-state index < -0.39 is 29.1 Å². The van der Waals surface area contributed by atoms with Gasteiger partial charge in [0.25, 0.3) is 0 Å². The third-order valence-electron chi connectivity index (χ3n) is 6.42. The second kappa shape index (κ2) is 8.65. The quantitative estimate of drug-likeness (QED) is 0.443. The highest BCUT2D eigenvalue weighted by atomic mass is 35.5. The zero-order valence-electron chi connectivity index (χ0n) is 20.3. The second-order valence-electron chi connectivity index (χ2n) is 10.1. The first-order chi connectivity index (χ1) is 17.0. The van der Waals surface area contributed by atoms with Crippen LogP contribution in [0.2, 0.25) is 5.02 Å². The molecule has 10 heteroatoms. The van der Waals surface area contributed by atoms with Crippen LogP contribution in [0.4, 0.5) is 19.3 Å². The number of amides is 1. The Kier molecular flexibility index (Phi) is 5.86. The Balaban J connectivity index is 1.58. The Labute approximate surface area is 212 Å². The van der Waals surface area contributed by atoms with E-state index in [9.17, 15) is 14.3 Å². The van der Waals surface area contributed by atoms with E-state index in [0.717, 1.165) is 6.07 Å². The summed E-state index contributed by atoms with van der Waals surface area (Å²) in [7, 11) is 0. The lowest BCUT2D eigenvalue weighted by molar-refractivity contribution is 0.00997. The lowest BCUT2D eigenvalue weighted by Crippen LogP contribution is -2.62. The SMILES string of the molecule is C[C@@H]1CN2c3c(cnc4c(F)c(-c5c(O)cccc5F)c(Cl)cc34)OC[C@H]2CN1C(=O)OC(C)(C)C. The number of phenols is 1. The van der Waals surface area contributed by atoms with Gasteiger partial charge in [-0.25, -0.2) is 18.6 Å². The molecule has 190 valence electrons. The molecule has 0 aliphatic carbocycles. The number of carbonyl (C=O) groups excluding carboxylic acids is 1. The Hall–Kier alpha value is -3.33. The van der Waals surface area contributed by atoms with Crippen LogP contribution in [0.1, 0.15) is 27.7 Å². The highest BCUT2D eigenvalue weighted by molar-refractivity contribution is 6.34. The molecule has 1 saturated heterocycles. The molecule has 0 saturated carbocycles. The van der Waals surface area contributed by atoms with Gasteiger partial charge in [-0.2, -0.15) is 0 Å². The lowest BCUT2D eigenvalue weighted by Gasteiger charge is -2.48. The number of hydrogen-bond donors (Lipinski definition) is 1. The van der Waals surface area contributed by atoms with Crippen LogP contribution in [0.15, 0.2) is 30.5 Å². The van der Waals surface area contributed by atoms with Crippen molar-refractivity contribution >= 4 is 34.3 Å². The van der Waals surface area contributed by atoms with Gasteiger partial charge in [0.15, 0.2) is 11.6 Å². The summed E-state index contributed by atoms with van der Waals surface area (Å²) in [4.78, 5) is 20.8. The monoisotopic (exact) mass is 517 g/mol. The summed E-state index contributed by atoms with van der Waals surface area (Å²) in [6.07, 6.45) is 1.03. The third-order valence-corrected chi connectivity index (χ3v) is 6.72. The lowest BCUT2D eigenvalue weighted by atomic mass is 9.98. The Morgan fingerprint density at radius 1 is 1.25 bits per heavy atom. The van der Waals surface area contributed by atoms with Gasteiger partial charge in [-0.3, -0.25) is 0 Å². The molecular weight excluding hydrogens is 492 g/mol. The number of phenolic OH excluding ortho intramolecular Hbond substituents is 1. The fourth-order valence-corrected chi connectivity index (χ4v) is 5.13. The van der Waals surface area contributed by atoms with Crippen molar-refractivity contribution in [1.29, 1.82) is 0 Å². The molecule has 3 aromatic rings. The fourth-order valence-electron chi connectivity index (χ4n) is 4.84. The van der Waals surface area contributed by atoms with E-state index in [4.69, 9.17) is 21.1 Å². The normalized spacial score (nSPS) is 19.5. The number of carbonyl (C=O) groups is 1. The topological polar surface area (TPSA) is 75.1 Å². The Morgan fingerprint density at radius 2 is 2.00 bits per heavy atom. The molecule has 0 bridgehead atoms. The number of aromatic nitrogens is 1. The standard InChI is InChI=1S/C26H26ClF2N3O4/c1-13-10-32-14(11-31(13)25(34)36-26(2,3)4)12-35-19-9-30-23-15(24(19)32)8-16(27)20(22(23)29)21-17(28)6-5-7-18(21)33/h5-9,13-14,33H,10-12H2,1-4H3/t13-,14-/m1/s1. The van der Waals surface area contributed by atoms with Crippen LogP contribution in [0.3, 0.4) is 0 Å².